The molecule has 0 aliphatic heterocycles. The van der Waals surface area contributed by atoms with Crippen LogP contribution in [0.15, 0.2) is 0 Å². The maximum Gasteiger partial charge on any atom is 0.00214 e. The molecule has 0 N–H and O–H groups in total. The van der Waals surface area contributed by atoms with Gasteiger partial charge >= 0.3 is 0 Å². The van der Waals surface area contributed by atoms with E-state index in [0.29, 0.717) is 4.90 Å². The van der Waals surface area contributed by atoms with E-state index >= 15 is 0 Å². The van der Waals surface area contributed by atoms with Gasteiger partial charge in [0.05, 0.1) is 0 Å². The molecule has 0 saturated carbocycles. The first-order valence-corrected chi connectivity index (χ1v) is 11.5. The average molecular weight is 332 g/mol. The highest BCUT2D eigenvalue weighted by Gasteiger charge is 2.22. The summed E-state index contributed by atoms with van der Waals surface area (Å²) in [4.78, 5) is 0.591. The SMILES string of the molecule is CCCCCCPC(P)(CCCCCC)CCCCCC. The van der Waals surface area contributed by atoms with Crippen molar-refractivity contribution in [3.63, 3.8) is 0 Å². The number of hydrogen-bond acceptors (Lipinski definition) is 0. The van der Waals surface area contributed by atoms with Gasteiger partial charge in [0.25, 0.3) is 0 Å². The monoisotopic (exact) mass is 332 g/mol. The Hall–Kier alpha value is 0.860. The quantitative estimate of drug-likeness (QED) is 0.200. The van der Waals surface area contributed by atoms with Crippen LogP contribution >= 0.6 is 17.8 Å². The zero-order valence-electron chi connectivity index (χ0n) is 15.2. The zero-order chi connectivity index (χ0) is 15.8. The molecule has 21 heavy (non-hydrogen) atoms. The minimum absolute atomic E-state index is 0.591. The summed E-state index contributed by atoms with van der Waals surface area (Å²) < 4.78 is 0. The molecule has 0 bridgehead atoms. The van der Waals surface area contributed by atoms with Gasteiger partial charge in [-0.05, 0) is 25.4 Å². The zero-order valence-corrected chi connectivity index (χ0v) is 17.3. The van der Waals surface area contributed by atoms with Gasteiger partial charge in [-0.25, -0.2) is 0 Å². The van der Waals surface area contributed by atoms with Crippen molar-refractivity contribution in [2.75, 3.05) is 6.16 Å². The third-order valence-electron chi connectivity index (χ3n) is 4.46. The summed E-state index contributed by atoms with van der Waals surface area (Å²) in [6, 6.07) is 0. The Morgan fingerprint density at radius 2 is 1.05 bits per heavy atom. The Bertz CT molecular complexity index is 192. The summed E-state index contributed by atoms with van der Waals surface area (Å²) in [6.07, 6.45) is 21.5. The van der Waals surface area contributed by atoms with Gasteiger partial charge in [-0.15, -0.1) is 17.8 Å². The second-order valence-electron chi connectivity index (χ2n) is 6.76. The minimum atomic E-state index is 0.591. The van der Waals surface area contributed by atoms with Crippen molar-refractivity contribution in [1.82, 2.24) is 0 Å². The molecule has 0 aromatic heterocycles. The average Bonchev–Trinajstić information content (AvgIpc) is 2.48. The van der Waals surface area contributed by atoms with Crippen LogP contribution in [0.1, 0.15) is 111 Å². The Labute approximate surface area is 140 Å². The van der Waals surface area contributed by atoms with Gasteiger partial charge in [-0.1, -0.05) is 91.4 Å². The molecular weight excluding hydrogens is 290 g/mol. The minimum Gasteiger partial charge on any atom is -0.127 e. The Morgan fingerprint density at radius 1 is 0.619 bits per heavy atom. The summed E-state index contributed by atoms with van der Waals surface area (Å²) in [5.74, 6) is 0. The lowest BCUT2D eigenvalue weighted by molar-refractivity contribution is 0.538. The van der Waals surface area contributed by atoms with E-state index in [9.17, 15) is 0 Å². The third kappa shape index (κ3) is 14.2. The molecule has 0 rings (SSSR count). The van der Waals surface area contributed by atoms with Gasteiger partial charge in [0.2, 0.25) is 0 Å². The molecule has 0 aliphatic rings. The lowest BCUT2D eigenvalue weighted by atomic mass is 10.0. The van der Waals surface area contributed by atoms with Crippen molar-refractivity contribution in [2.24, 2.45) is 0 Å². The van der Waals surface area contributed by atoms with Gasteiger partial charge in [0.15, 0.2) is 0 Å². The summed E-state index contributed by atoms with van der Waals surface area (Å²) in [7, 11) is 4.47. The molecule has 2 atom stereocenters. The van der Waals surface area contributed by atoms with E-state index < -0.39 is 0 Å². The van der Waals surface area contributed by atoms with Gasteiger partial charge in [-0.2, -0.15) is 0 Å². The van der Waals surface area contributed by atoms with Crippen molar-refractivity contribution < 1.29 is 0 Å². The van der Waals surface area contributed by atoms with Crippen LogP contribution in [0.5, 0.6) is 0 Å². The van der Waals surface area contributed by atoms with Crippen LogP contribution in [0.2, 0.25) is 0 Å². The van der Waals surface area contributed by atoms with Crippen molar-refractivity contribution in [1.29, 1.82) is 0 Å². The fourth-order valence-corrected chi connectivity index (χ4v) is 5.40. The summed E-state index contributed by atoms with van der Waals surface area (Å²) in [6.45, 7) is 6.94. The summed E-state index contributed by atoms with van der Waals surface area (Å²) in [5.41, 5.74) is 0. The Balaban J connectivity index is 3.98. The van der Waals surface area contributed by atoms with E-state index in [1.165, 1.54) is 105 Å². The molecule has 0 fully saturated rings. The second-order valence-corrected chi connectivity index (χ2v) is 10.3. The summed E-state index contributed by atoms with van der Waals surface area (Å²) in [5, 5.41) is 0. The van der Waals surface area contributed by atoms with Crippen molar-refractivity contribution in [3.8, 4) is 0 Å². The van der Waals surface area contributed by atoms with Crippen LogP contribution in [-0.2, 0) is 0 Å². The van der Waals surface area contributed by atoms with Gasteiger partial charge in [0, 0.05) is 4.90 Å². The lowest BCUT2D eigenvalue weighted by Crippen LogP contribution is -2.15. The molecule has 0 nitrogen and oxygen atoms in total. The topological polar surface area (TPSA) is 0 Å². The molecule has 0 spiro atoms. The predicted octanol–water partition coefficient (Wildman–Crippen LogP) is 7.76. The van der Waals surface area contributed by atoms with E-state index in [1.54, 1.807) is 0 Å². The molecule has 0 aromatic carbocycles. The van der Waals surface area contributed by atoms with Crippen molar-refractivity contribution >= 4 is 17.8 Å². The van der Waals surface area contributed by atoms with Gasteiger partial charge < -0.3 is 0 Å². The van der Waals surface area contributed by atoms with E-state index in [2.05, 4.69) is 30.0 Å². The van der Waals surface area contributed by atoms with Crippen LogP contribution in [0.3, 0.4) is 0 Å². The smallest absolute Gasteiger partial charge is 0.00214 e. The Kier molecular flexibility index (Phi) is 16.4. The molecule has 0 radical (unpaired) electrons. The molecule has 2 unspecified atom stereocenters. The van der Waals surface area contributed by atoms with E-state index in [-0.39, 0.29) is 0 Å². The molecule has 2 heteroatoms. The molecule has 0 aromatic rings. The maximum atomic E-state index is 3.30. The van der Waals surface area contributed by atoms with E-state index in [0.717, 1.165) is 0 Å². The molecule has 0 saturated heterocycles. The fraction of sp³-hybridized carbons (Fsp3) is 1.00. The highest BCUT2D eigenvalue weighted by molar-refractivity contribution is 7.51. The lowest BCUT2D eigenvalue weighted by Gasteiger charge is -2.30. The fourth-order valence-electron chi connectivity index (χ4n) is 2.93. The first kappa shape index (κ1) is 21.9. The molecule has 128 valence electrons. The van der Waals surface area contributed by atoms with Crippen LogP contribution < -0.4 is 0 Å². The first-order chi connectivity index (χ1) is 10.2. The standard InChI is InChI=1S/C19H42P2/c1-4-7-10-13-16-19(20,17-14-11-8-5-2)21-18-15-12-9-6-3/h21H,4-18,20H2,1-3H3. The van der Waals surface area contributed by atoms with E-state index in [1.807, 2.05) is 0 Å². The third-order valence-corrected chi connectivity index (χ3v) is 7.46. The van der Waals surface area contributed by atoms with Gasteiger partial charge in [0.1, 0.15) is 0 Å². The maximum absolute atomic E-state index is 3.30. The van der Waals surface area contributed by atoms with Crippen molar-refractivity contribution in [3.05, 3.63) is 0 Å². The largest absolute Gasteiger partial charge is 0.127 e. The first-order valence-electron chi connectivity index (χ1n) is 9.72. The summed E-state index contributed by atoms with van der Waals surface area (Å²) >= 11 is 0. The van der Waals surface area contributed by atoms with Crippen LogP contribution in [0.25, 0.3) is 0 Å². The Morgan fingerprint density at radius 3 is 1.48 bits per heavy atom. The van der Waals surface area contributed by atoms with Crippen LogP contribution in [0.4, 0.5) is 0 Å². The molecule has 0 aliphatic carbocycles. The normalized spacial score (nSPS) is 12.6. The number of rotatable bonds is 16. The second kappa shape index (κ2) is 15.7. The number of hydrogen-bond donors (Lipinski definition) is 0. The molecular formula is C19H42P2. The van der Waals surface area contributed by atoms with Crippen molar-refractivity contribution in [2.45, 2.75) is 116 Å². The number of unbranched alkanes of at least 4 members (excludes halogenated alkanes) is 9. The highest BCUT2D eigenvalue weighted by Crippen LogP contribution is 2.47. The van der Waals surface area contributed by atoms with Crippen LogP contribution in [-0.4, -0.2) is 11.1 Å². The molecule has 0 amide bonds. The predicted molar refractivity (Wildman–Crippen MR) is 107 cm³/mol. The highest BCUT2D eigenvalue weighted by atomic mass is 31.1. The van der Waals surface area contributed by atoms with Gasteiger partial charge in [-0.3, -0.25) is 0 Å². The van der Waals surface area contributed by atoms with E-state index in [4.69, 9.17) is 0 Å². The van der Waals surface area contributed by atoms with Crippen LogP contribution in [0, 0.1) is 0 Å². The molecule has 0 heterocycles.